The van der Waals surface area contributed by atoms with Crippen LogP contribution in [0.15, 0.2) is 200 Å². The topological polar surface area (TPSA) is 35.9 Å². The summed E-state index contributed by atoms with van der Waals surface area (Å²) >= 11 is 0. The molecule has 0 bridgehead atoms. The Morgan fingerprint density at radius 3 is 1.93 bits per heavy atom. The molecule has 0 fully saturated rings. The largest absolute Gasteiger partial charge is 0.458 e. The van der Waals surface area contributed by atoms with E-state index in [1.165, 1.54) is 5.56 Å². The summed E-state index contributed by atoms with van der Waals surface area (Å²) in [5.74, 6) is 2.51. The molecule has 11 rings (SSSR count). The van der Waals surface area contributed by atoms with Crippen molar-refractivity contribution >= 4 is 32.8 Å². The molecule has 0 amide bonds. The van der Waals surface area contributed by atoms with Gasteiger partial charge < -0.3 is 4.74 Å². The van der Waals surface area contributed by atoms with Gasteiger partial charge in [-0.05, 0) is 117 Å². The summed E-state index contributed by atoms with van der Waals surface area (Å²) in [7, 11) is 0. The van der Waals surface area contributed by atoms with Crippen LogP contribution in [0.3, 0.4) is 0 Å². The molecule has 8 aromatic carbocycles. The molecular weight excluding hydrogens is 877 g/mol. The van der Waals surface area contributed by atoms with E-state index in [9.17, 15) is 2.74 Å². The van der Waals surface area contributed by atoms with Gasteiger partial charge in [0.15, 0.2) is 0 Å². The van der Waals surface area contributed by atoms with E-state index >= 15 is 0 Å². The molecule has 0 saturated heterocycles. The third kappa shape index (κ3) is 8.57. The predicted octanol–water partition coefficient (Wildman–Crippen LogP) is 17.5. The van der Waals surface area contributed by atoms with Crippen LogP contribution in [0.5, 0.6) is 11.5 Å². The van der Waals surface area contributed by atoms with Gasteiger partial charge in [-0.3, -0.25) is 13.7 Å². The van der Waals surface area contributed by atoms with E-state index in [4.69, 9.17) is 13.8 Å². The van der Waals surface area contributed by atoms with Crippen molar-refractivity contribution in [3.05, 3.63) is 223 Å². The molecule has 0 aliphatic carbocycles. The number of pyridine rings is 1. The van der Waals surface area contributed by atoms with Crippen LogP contribution >= 0.6 is 0 Å². The van der Waals surface area contributed by atoms with Crippen molar-refractivity contribution in [2.24, 2.45) is 0 Å². The summed E-state index contributed by atoms with van der Waals surface area (Å²) in [6.45, 7) is 17.8. The van der Waals surface area contributed by atoms with E-state index in [0.717, 1.165) is 90.6 Å². The van der Waals surface area contributed by atoms with Gasteiger partial charge in [0.05, 0.1) is 40.3 Å². The zero-order chi connectivity index (χ0) is 54.1. The first-order valence-electron chi connectivity index (χ1n) is 27.6. The van der Waals surface area contributed by atoms with Gasteiger partial charge in [-0.2, -0.15) is 0 Å². The Morgan fingerprint density at radius 1 is 0.569 bits per heavy atom. The van der Waals surface area contributed by atoms with Gasteiger partial charge in [0.1, 0.15) is 17.3 Å². The van der Waals surface area contributed by atoms with Crippen LogP contribution in [0, 0.1) is 6.33 Å². The zero-order valence-electron chi connectivity index (χ0n) is 47.4. The number of hydrogen-bond donors (Lipinski definition) is 0. The normalized spacial score (nSPS) is 13.1. The van der Waals surface area contributed by atoms with E-state index in [-0.39, 0.29) is 28.5 Å². The fourth-order valence-electron chi connectivity index (χ4n) is 10.3. The summed E-state index contributed by atoms with van der Waals surface area (Å²) in [5, 5.41) is 2.23. The Hall–Kier alpha value is -8.02. The second kappa shape index (κ2) is 18.6. The van der Waals surface area contributed by atoms with Crippen LogP contribution in [0.25, 0.3) is 83.4 Å². The SMILES string of the molecule is [2H]c1c([2H])c([2H])c(-c2cccc(-c3cc(C(C)(C)C)cc(C(C)(C)C)c3)c2-[n+]2[c-]n(-c3cccc(Oc4ccc5c6ccccc6n(-c6cc(C(CC)CC)c(-c7ccccc7)cn6)c5c4)c3)c3ccccc32)c([2H])c1[2H]. The summed E-state index contributed by atoms with van der Waals surface area (Å²) in [4.78, 5) is 5.18. The Balaban J connectivity index is 1.06. The van der Waals surface area contributed by atoms with Crippen molar-refractivity contribution in [2.45, 2.75) is 85.0 Å². The molecule has 0 aliphatic rings. The lowest BCUT2D eigenvalue weighted by Gasteiger charge is -2.27. The fourth-order valence-corrected chi connectivity index (χ4v) is 10.3. The second-order valence-electron chi connectivity index (χ2n) is 20.9. The van der Waals surface area contributed by atoms with Crippen LogP contribution in [0.4, 0.5) is 0 Å². The maximum Gasteiger partial charge on any atom is 0.269 e. The third-order valence-corrected chi connectivity index (χ3v) is 14.2. The smallest absolute Gasteiger partial charge is 0.269 e. The number of ether oxygens (including phenoxy) is 1. The van der Waals surface area contributed by atoms with Crippen LogP contribution in [0.2, 0.25) is 0 Å². The first-order valence-corrected chi connectivity index (χ1v) is 25.1. The van der Waals surface area contributed by atoms with Crippen molar-refractivity contribution < 1.29 is 16.2 Å². The maximum absolute atomic E-state index is 9.25. The minimum atomic E-state index is -0.439. The number of imidazole rings is 1. The molecule has 0 spiro atoms. The lowest BCUT2D eigenvalue weighted by molar-refractivity contribution is -0.571. The van der Waals surface area contributed by atoms with Crippen molar-refractivity contribution in [3.63, 3.8) is 0 Å². The summed E-state index contributed by atoms with van der Waals surface area (Å²) in [6, 6.07) is 54.4. The first kappa shape index (κ1) is 40.7. The highest BCUT2D eigenvalue weighted by molar-refractivity contribution is 6.09. The fraction of sp³-hybridized carbons (Fsp3) is 0.194. The van der Waals surface area contributed by atoms with E-state index < -0.39 is 18.1 Å². The molecule has 356 valence electrons. The molecule has 72 heavy (non-hydrogen) atoms. The lowest BCUT2D eigenvalue weighted by Crippen LogP contribution is -2.31. The number of hydrogen-bond acceptors (Lipinski definition) is 2. The number of nitrogens with zero attached hydrogens (tertiary/aromatic N) is 4. The van der Waals surface area contributed by atoms with Gasteiger partial charge in [0, 0.05) is 28.6 Å². The standard InChI is InChI=1S/C67H62N4O/c1-9-45(10-2)58-42-64(68-43-59(58)47-25-15-12-16-26-47)71-60-32-18-17-29-56(60)57-36-35-53(41-63(57)71)72-52-28-21-27-51(40-52)69-44-70(62-34-20-19-33-61(62)69)65-54(46-23-13-11-14-24-46)30-22-31-55(65)48-37-49(66(3,4)5)39-50(38-48)67(6,7)8/h11-43,45H,9-10H2,1-8H3/i11D,13D,14D,23D,24D. The zero-order valence-corrected chi connectivity index (χ0v) is 42.4. The van der Waals surface area contributed by atoms with E-state index in [0.29, 0.717) is 28.7 Å². The van der Waals surface area contributed by atoms with Gasteiger partial charge >= 0.3 is 0 Å². The van der Waals surface area contributed by atoms with Crippen LogP contribution in [-0.2, 0) is 10.8 Å². The van der Waals surface area contributed by atoms with Gasteiger partial charge in [-0.1, -0.05) is 201 Å². The van der Waals surface area contributed by atoms with Crippen molar-refractivity contribution in [3.8, 4) is 62.1 Å². The minimum Gasteiger partial charge on any atom is -0.458 e. The summed E-state index contributed by atoms with van der Waals surface area (Å²) in [6.07, 6.45) is 7.79. The van der Waals surface area contributed by atoms with Crippen LogP contribution in [-0.4, -0.2) is 14.1 Å². The van der Waals surface area contributed by atoms with Crippen LogP contribution in [0.1, 0.15) is 97.7 Å². The van der Waals surface area contributed by atoms with Gasteiger partial charge in [0.25, 0.3) is 6.33 Å². The molecule has 0 atom stereocenters. The minimum absolute atomic E-state index is 0.117. The van der Waals surface area contributed by atoms with Crippen molar-refractivity contribution in [1.29, 1.82) is 0 Å². The molecule has 0 aliphatic heterocycles. The summed E-state index contributed by atoms with van der Waals surface area (Å²) in [5.41, 5.74) is 13.1. The monoisotopic (exact) mass is 944 g/mol. The molecule has 0 N–H and O–H groups in total. The van der Waals surface area contributed by atoms with Crippen molar-refractivity contribution in [1.82, 2.24) is 14.1 Å². The Labute approximate surface area is 431 Å². The Bertz CT molecular complexity index is 4020. The molecule has 0 radical (unpaired) electrons. The number of para-hydroxylation sites is 4. The van der Waals surface area contributed by atoms with Crippen molar-refractivity contribution in [2.75, 3.05) is 0 Å². The highest BCUT2D eigenvalue weighted by atomic mass is 16.5. The highest BCUT2D eigenvalue weighted by Gasteiger charge is 2.25. The van der Waals surface area contributed by atoms with Crippen LogP contribution < -0.4 is 9.30 Å². The second-order valence-corrected chi connectivity index (χ2v) is 20.9. The highest BCUT2D eigenvalue weighted by Crippen LogP contribution is 2.41. The molecular formula is C67H62N4O. The number of aromatic nitrogens is 4. The lowest BCUT2D eigenvalue weighted by atomic mass is 9.78. The molecule has 5 heteroatoms. The van der Waals surface area contributed by atoms with Gasteiger partial charge in [-0.15, -0.1) is 0 Å². The van der Waals surface area contributed by atoms with Gasteiger partial charge in [0.2, 0.25) is 0 Å². The average molecular weight is 944 g/mol. The average Bonchev–Trinajstić information content (AvgIpc) is 4.00. The first-order chi connectivity index (χ1) is 36.9. The van der Waals surface area contributed by atoms with E-state index in [2.05, 4.69) is 163 Å². The Kier molecular flexibility index (Phi) is 10.5. The quantitative estimate of drug-likeness (QED) is 0.0957. The van der Waals surface area contributed by atoms with E-state index in [1.54, 1.807) is 0 Å². The van der Waals surface area contributed by atoms with Gasteiger partial charge in [-0.25, -0.2) is 4.98 Å². The maximum atomic E-state index is 9.25. The number of benzene rings is 8. The van der Waals surface area contributed by atoms with E-state index in [1.807, 2.05) is 82.1 Å². The molecule has 3 heterocycles. The molecule has 0 unspecified atom stereocenters. The molecule has 5 nitrogen and oxygen atoms in total. The Morgan fingerprint density at radius 2 is 1.21 bits per heavy atom. The number of rotatable bonds is 11. The third-order valence-electron chi connectivity index (χ3n) is 14.2. The predicted molar refractivity (Wildman–Crippen MR) is 299 cm³/mol. The molecule has 0 saturated carbocycles. The summed E-state index contributed by atoms with van der Waals surface area (Å²) < 4.78 is 57.6. The number of fused-ring (bicyclic) bond motifs is 4. The molecule has 3 aromatic heterocycles. The molecule has 11 aromatic rings.